The number of anilines is 1. The van der Waals surface area contributed by atoms with Crippen molar-refractivity contribution in [1.29, 1.82) is 0 Å². The van der Waals surface area contributed by atoms with E-state index < -0.39 is 0 Å². The average molecular weight is 345 g/mol. The van der Waals surface area contributed by atoms with Crippen molar-refractivity contribution >= 4 is 17.5 Å². The lowest BCUT2D eigenvalue weighted by molar-refractivity contribution is -0.143. The van der Waals surface area contributed by atoms with Crippen LogP contribution in [0.2, 0.25) is 0 Å². The number of rotatable bonds is 3. The molecule has 3 aliphatic rings. The number of benzene rings is 1. The Kier molecular flexibility index (Phi) is 4.23. The highest BCUT2D eigenvalue weighted by atomic mass is 19.1. The Bertz CT molecular complexity index is 662. The summed E-state index contributed by atoms with van der Waals surface area (Å²) in [5.41, 5.74) is 0.631. The van der Waals surface area contributed by atoms with E-state index in [0.717, 1.165) is 57.5 Å². The molecule has 2 saturated heterocycles. The Labute approximate surface area is 147 Å². The van der Waals surface area contributed by atoms with Gasteiger partial charge in [0.25, 0.3) is 0 Å². The zero-order valence-corrected chi connectivity index (χ0v) is 14.4. The lowest BCUT2D eigenvalue weighted by Gasteiger charge is -2.37. The number of hydrogen-bond donors (Lipinski definition) is 0. The molecule has 25 heavy (non-hydrogen) atoms. The summed E-state index contributed by atoms with van der Waals surface area (Å²) in [4.78, 5) is 31.0. The van der Waals surface area contributed by atoms with E-state index in [0.29, 0.717) is 13.1 Å². The number of imide groups is 1. The fourth-order valence-corrected chi connectivity index (χ4v) is 4.44. The van der Waals surface area contributed by atoms with Crippen molar-refractivity contribution < 1.29 is 14.0 Å². The minimum atomic E-state index is -0.382. The van der Waals surface area contributed by atoms with Gasteiger partial charge in [-0.2, -0.15) is 0 Å². The van der Waals surface area contributed by atoms with Gasteiger partial charge in [-0.05, 0) is 37.1 Å². The first-order valence-electron chi connectivity index (χ1n) is 9.15. The number of halogens is 1. The number of amides is 2. The molecule has 0 atom stereocenters. The third-order valence-electron chi connectivity index (χ3n) is 5.96. The fourth-order valence-electron chi connectivity index (χ4n) is 4.44. The third-order valence-corrected chi connectivity index (χ3v) is 5.96. The normalized spacial score (nSPS) is 23.9. The maximum Gasteiger partial charge on any atom is 0.237 e. The molecule has 5 nitrogen and oxygen atoms in total. The molecule has 2 aliphatic heterocycles. The fraction of sp³-hybridized carbons (Fsp3) is 0.579. The highest BCUT2D eigenvalue weighted by Crippen LogP contribution is 2.46. The molecular weight excluding hydrogens is 321 g/mol. The minimum Gasteiger partial charge on any atom is -0.369 e. The van der Waals surface area contributed by atoms with E-state index in [4.69, 9.17) is 0 Å². The van der Waals surface area contributed by atoms with Crippen LogP contribution >= 0.6 is 0 Å². The topological polar surface area (TPSA) is 43.9 Å². The standard InChI is InChI=1S/C19H24FN3O2/c20-15-3-5-16(6-4-15)22-11-9-21(10-12-22)14-23-17(24)13-19(18(23)25)7-1-2-8-19/h3-6H,1-2,7-14H2. The van der Waals surface area contributed by atoms with E-state index in [1.807, 2.05) is 0 Å². The van der Waals surface area contributed by atoms with Gasteiger partial charge in [0.1, 0.15) is 5.82 Å². The SMILES string of the molecule is O=C1CC2(CCCC2)C(=O)N1CN1CCN(c2ccc(F)cc2)CC1. The predicted octanol–water partition coefficient (Wildman–Crippen LogP) is 2.22. The molecule has 1 aromatic carbocycles. The molecule has 3 fully saturated rings. The minimum absolute atomic E-state index is 0.00661. The van der Waals surface area contributed by atoms with Crippen LogP contribution in [0.5, 0.6) is 0 Å². The van der Waals surface area contributed by atoms with Gasteiger partial charge < -0.3 is 4.90 Å². The number of hydrogen-bond acceptors (Lipinski definition) is 4. The lowest BCUT2D eigenvalue weighted by atomic mass is 9.85. The summed E-state index contributed by atoms with van der Waals surface area (Å²) in [6.45, 7) is 3.62. The lowest BCUT2D eigenvalue weighted by Crippen LogP contribution is -2.51. The molecule has 2 heterocycles. The van der Waals surface area contributed by atoms with Gasteiger partial charge in [0, 0.05) is 38.3 Å². The second kappa shape index (κ2) is 6.41. The molecule has 0 unspecified atom stereocenters. The third kappa shape index (κ3) is 3.03. The van der Waals surface area contributed by atoms with Gasteiger partial charge in [-0.25, -0.2) is 4.39 Å². The van der Waals surface area contributed by atoms with E-state index in [1.165, 1.54) is 17.0 Å². The van der Waals surface area contributed by atoms with Gasteiger partial charge in [-0.1, -0.05) is 12.8 Å². The zero-order chi connectivity index (χ0) is 17.4. The van der Waals surface area contributed by atoms with Crippen molar-refractivity contribution in [2.24, 2.45) is 5.41 Å². The maximum atomic E-state index is 13.0. The van der Waals surface area contributed by atoms with Gasteiger partial charge in [0.05, 0.1) is 12.1 Å². The first-order valence-corrected chi connectivity index (χ1v) is 9.15. The number of likely N-dealkylation sites (tertiary alicyclic amines) is 1. The Morgan fingerprint density at radius 2 is 1.60 bits per heavy atom. The van der Waals surface area contributed by atoms with Gasteiger partial charge in [0.15, 0.2) is 0 Å². The summed E-state index contributed by atoms with van der Waals surface area (Å²) in [7, 11) is 0. The molecule has 0 aromatic heterocycles. The largest absolute Gasteiger partial charge is 0.369 e. The summed E-state index contributed by atoms with van der Waals surface area (Å²) in [6.07, 6.45) is 4.26. The second-order valence-electron chi connectivity index (χ2n) is 7.51. The van der Waals surface area contributed by atoms with Crippen molar-refractivity contribution in [3.05, 3.63) is 30.1 Å². The predicted molar refractivity (Wildman–Crippen MR) is 92.4 cm³/mol. The Morgan fingerprint density at radius 1 is 0.960 bits per heavy atom. The van der Waals surface area contributed by atoms with Crippen molar-refractivity contribution in [1.82, 2.24) is 9.80 Å². The van der Waals surface area contributed by atoms with Gasteiger partial charge >= 0.3 is 0 Å². The molecule has 0 N–H and O–H groups in total. The molecule has 1 spiro atoms. The van der Waals surface area contributed by atoms with Crippen LogP contribution in [0.3, 0.4) is 0 Å². The molecule has 134 valence electrons. The quantitative estimate of drug-likeness (QED) is 0.788. The smallest absolute Gasteiger partial charge is 0.237 e. The molecule has 1 aliphatic carbocycles. The molecular formula is C19H24FN3O2. The van der Waals surface area contributed by atoms with Crippen LogP contribution in [-0.2, 0) is 9.59 Å². The van der Waals surface area contributed by atoms with Crippen LogP contribution in [0.15, 0.2) is 24.3 Å². The van der Waals surface area contributed by atoms with Gasteiger partial charge in [0.2, 0.25) is 11.8 Å². The van der Waals surface area contributed by atoms with Crippen LogP contribution in [0, 0.1) is 11.2 Å². The van der Waals surface area contributed by atoms with Crippen LogP contribution in [-0.4, -0.2) is 54.5 Å². The molecule has 2 amide bonds. The van der Waals surface area contributed by atoms with Crippen molar-refractivity contribution in [2.45, 2.75) is 32.1 Å². The van der Waals surface area contributed by atoms with E-state index in [-0.39, 0.29) is 23.0 Å². The molecule has 0 radical (unpaired) electrons. The summed E-state index contributed by atoms with van der Waals surface area (Å²) in [6, 6.07) is 6.54. The van der Waals surface area contributed by atoms with Crippen LogP contribution < -0.4 is 4.90 Å². The maximum absolute atomic E-state index is 13.0. The summed E-state index contributed by atoms with van der Waals surface area (Å²) >= 11 is 0. The first kappa shape index (κ1) is 16.5. The van der Waals surface area contributed by atoms with Gasteiger partial charge in [-0.3, -0.25) is 19.4 Å². The monoisotopic (exact) mass is 345 g/mol. The van der Waals surface area contributed by atoms with Crippen LogP contribution in [0.1, 0.15) is 32.1 Å². The summed E-state index contributed by atoms with van der Waals surface area (Å²) in [5, 5.41) is 0. The summed E-state index contributed by atoms with van der Waals surface area (Å²) < 4.78 is 13.0. The van der Waals surface area contributed by atoms with E-state index in [2.05, 4.69) is 9.80 Å². The number of carbonyl (C=O) groups is 2. The number of piperazine rings is 1. The number of carbonyl (C=O) groups excluding carboxylic acids is 2. The van der Waals surface area contributed by atoms with Crippen molar-refractivity contribution in [2.75, 3.05) is 37.7 Å². The highest BCUT2D eigenvalue weighted by molar-refractivity contribution is 6.06. The highest BCUT2D eigenvalue weighted by Gasteiger charge is 2.52. The van der Waals surface area contributed by atoms with E-state index in [9.17, 15) is 14.0 Å². The second-order valence-corrected chi connectivity index (χ2v) is 7.51. The summed E-state index contributed by atoms with van der Waals surface area (Å²) in [5.74, 6) is -0.182. The van der Waals surface area contributed by atoms with Crippen LogP contribution in [0.4, 0.5) is 10.1 Å². The van der Waals surface area contributed by atoms with Crippen molar-refractivity contribution in [3.63, 3.8) is 0 Å². The molecule has 1 aromatic rings. The zero-order valence-electron chi connectivity index (χ0n) is 14.4. The van der Waals surface area contributed by atoms with E-state index >= 15 is 0 Å². The molecule has 0 bridgehead atoms. The molecule has 4 rings (SSSR count). The first-order chi connectivity index (χ1) is 12.1. The number of nitrogens with zero attached hydrogens (tertiary/aromatic N) is 3. The average Bonchev–Trinajstić information content (AvgIpc) is 3.17. The molecule has 1 saturated carbocycles. The Morgan fingerprint density at radius 3 is 2.24 bits per heavy atom. The van der Waals surface area contributed by atoms with Gasteiger partial charge in [-0.15, -0.1) is 0 Å². The van der Waals surface area contributed by atoms with Crippen molar-refractivity contribution in [3.8, 4) is 0 Å². The Hall–Kier alpha value is -1.95. The van der Waals surface area contributed by atoms with Crippen LogP contribution in [0.25, 0.3) is 0 Å². The molecule has 6 heteroatoms. The van der Waals surface area contributed by atoms with E-state index in [1.54, 1.807) is 12.1 Å². The Balaban J connectivity index is 1.35.